The number of fused-ring (bicyclic) bond motifs is 1. The second-order valence-electron chi connectivity index (χ2n) is 7.26. The average molecular weight is 343 g/mol. The maximum absolute atomic E-state index is 13.4. The number of benzene rings is 2. The second-order valence-corrected chi connectivity index (χ2v) is 7.26. The van der Waals surface area contributed by atoms with Crippen molar-refractivity contribution in [2.24, 2.45) is 5.92 Å². The Morgan fingerprint density at radius 2 is 1.27 bits per heavy atom. The molecule has 1 amide bonds. The molecule has 1 unspecified atom stereocenters. The Kier molecular flexibility index (Phi) is 3.69. The first kappa shape index (κ1) is 16.5. The van der Waals surface area contributed by atoms with Crippen molar-refractivity contribution in [3.05, 3.63) is 94.2 Å². The lowest BCUT2D eigenvalue weighted by molar-refractivity contribution is -0.126. The van der Waals surface area contributed by atoms with Crippen molar-refractivity contribution in [1.29, 1.82) is 0 Å². The van der Waals surface area contributed by atoms with Crippen molar-refractivity contribution in [2.45, 2.75) is 26.2 Å². The summed E-state index contributed by atoms with van der Waals surface area (Å²) in [5, 5.41) is 3.02. The minimum atomic E-state index is -1.04. The Bertz CT molecular complexity index is 917. The van der Waals surface area contributed by atoms with Gasteiger partial charge in [0, 0.05) is 5.70 Å². The lowest BCUT2D eigenvalue weighted by Gasteiger charge is -2.33. The highest BCUT2D eigenvalue weighted by Gasteiger charge is 2.58. The van der Waals surface area contributed by atoms with Gasteiger partial charge < -0.3 is 5.32 Å². The smallest absolute Gasteiger partial charge is 0.240 e. The molecule has 1 N–H and O–H groups in total. The number of amides is 1. The third-order valence-corrected chi connectivity index (χ3v) is 5.55. The molecule has 26 heavy (non-hydrogen) atoms. The van der Waals surface area contributed by atoms with E-state index in [0.717, 1.165) is 33.5 Å². The van der Waals surface area contributed by atoms with E-state index < -0.39 is 11.3 Å². The zero-order valence-corrected chi connectivity index (χ0v) is 15.2. The van der Waals surface area contributed by atoms with Crippen molar-refractivity contribution in [1.82, 2.24) is 5.32 Å². The van der Waals surface area contributed by atoms with Crippen LogP contribution < -0.4 is 5.32 Å². The number of hydrogen-bond acceptors (Lipinski definition) is 2. The van der Waals surface area contributed by atoms with Gasteiger partial charge in [0.15, 0.2) is 5.78 Å². The fourth-order valence-corrected chi connectivity index (χ4v) is 4.11. The van der Waals surface area contributed by atoms with E-state index in [2.05, 4.69) is 5.32 Å². The van der Waals surface area contributed by atoms with E-state index >= 15 is 0 Å². The van der Waals surface area contributed by atoms with E-state index in [1.54, 1.807) is 12.2 Å². The van der Waals surface area contributed by atoms with Crippen molar-refractivity contribution < 1.29 is 9.59 Å². The van der Waals surface area contributed by atoms with Crippen LogP contribution in [0.25, 0.3) is 0 Å². The molecule has 1 saturated heterocycles. The first-order chi connectivity index (χ1) is 12.4. The van der Waals surface area contributed by atoms with Gasteiger partial charge >= 0.3 is 0 Å². The molecule has 1 heterocycles. The van der Waals surface area contributed by atoms with E-state index in [9.17, 15) is 9.59 Å². The van der Waals surface area contributed by atoms with Crippen LogP contribution in [-0.2, 0) is 15.0 Å². The molecule has 2 aromatic rings. The number of nitrogens with one attached hydrogen (secondary N) is 1. The van der Waals surface area contributed by atoms with Crippen LogP contribution in [0.2, 0.25) is 0 Å². The molecule has 1 aliphatic carbocycles. The third-order valence-electron chi connectivity index (χ3n) is 5.55. The highest BCUT2D eigenvalue weighted by atomic mass is 16.2. The normalized spacial score (nSPS) is 21.0. The summed E-state index contributed by atoms with van der Waals surface area (Å²) in [6, 6.07) is 15.9. The molecule has 1 aliphatic heterocycles. The van der Waals surface area contributed by atoms with Crippen LogP contribution in [0.4, 0.5) is 0 Å². The van der Waals surface area contributed by atoms with Crippen LogP contribution >= 0.6 is 0 Å². The summed E-state index contributed by atoms with van der Waals surface area (Å²) in [6.07, 6.45) is 3.38. The van der Waals surface area contributed by atoms with E-state index in [0.29, 0.717) is 0 Å². The Morgan fingerprint density at radius 3 is 1.77 bits per heavy atom. The van der Waals surface area contributed by atoms with Crippen LogP contribution in [0.5, 0.6) is 0 Å². The Hall–Kier alpha value is -2.94. The minimum Gasteiger partial charge on any atom is -0.328 e. The fourth-order valence-electron chi connectivity index (χ4n) is 4.11. The van der Waals surface area contributed by atoms with E-state index in [1.165, 1.54) is 0 Å². The van der Waals surface area contributed by atoms with Crippen LogP contribution in [-0.4, -0.2) is 11.7 Å². The third kappa shape index (κ3) is 2.20. The number of allylic oxidation sites excluding steroid dienone is 4. The van der Waals surface area contributed by atoms with Gasteiger partial charge in [-0.05, 0) is 43.5 Å². The van der Waals surface area contributed by atoms with Gasteiger partial charge in [-0.2, -0.15) is 0 Å². The first-order valence-electron chi connectivity index (χ1n) is 8.83. The van der Waals surface area contributed by atoms with Gasteiger partial charge in [-0.15, -0.1) is 0 Å². The van der Waals surface area contributed by atoms with E-state index in [4.69, 9.17) is 0 Å². The van der Waals surface area contributed by atoms with Gasteiger partial charge in [0.05, 0.1) is 5.92 Å². The molecular formula is C23H21NO2. The predicted molar refractivity (Wildman–Crippen MR) is 102 cm³/mol. The average Bonchev–Trinajstić information content (AvgIpc) is 2.95. The maximum atomic E-state index is 13.4. The topological polar surface area (TPSA) is 46.2 Å². The van der Waals surface area contributed by atoms with Crippen LogP contribution in [0.15, 0.2) is 72.0 Å². The minimum absolute atomic E-state index is 0.0369. The predicted octanol–water partition coefficient (Wildman–Crippen LogP) is 3.75. The Labute approximate surface area is 153 Å². The number of ketones is 1. The molecule has 3 nitrogen and oxygen atoms in total. The lowest BCUT2D eigenvalue weighted by Crippen LogP contribution is -2.43. The molecule has 0 saturated carbocycles. The second kappa shape index (κ2) is 5.80. The lowest BCUT2D eigenvalue weighted by atomic mass is 9.64. The SMILES string of the molecule is CC1=C2NC(=O)C(c3ccc(C)cc3)(c3ccc(C)cc3)C2C(=O)C=C1. The standard InChI is InChI=1S/C23H21NO2/c1-14-4-9-17(10-5-14)23(18-11-6-15(2)7-12-18)20-19(25)13-8-16(3)21(20)24-22(23)26/h4-13,20H,1-3H3,(H,24,26). The fraction of sp³-hybridized carbons (Fsp3) is 0.217. The molecule has 3 heteroatoms. The van der Waals surface area contributed by atoms with Gasteiger partial charge in [0.25, 0.3) is 0 Å². The molecule has 0 radical (unpaired) electrons. The van der Waals surface area contributed by atoms with Gasteiger partial charge in [0.1, 0.15) is 5.41 Å². The van der Waals surface area contributed by atoms with Crippen molar-refractivity contribution in [2.75, 3.05) is 0 Å². The summed E-state index contributed by atoms with van der Waals surface area (Å²) in [5.41, 5.74) is 4.55. The van der Waals surface area contributed by atoms with Gasteiger partial charge in [-0.25, -0.2) is 0 Å². The van der Waals surface area contributed by atoms with Crippen molar-refractivity contribution in [3.63, 3.8) is 0 Å². The zero-order valence-electron chi connectivity index (χ0n) is 15.2. The Morgan fingerprint density at radius 1 is 0.769 bits per heavy atom. The molecule has 0 spiro atoms. The molecule has 0 aromatic heterocycles. The summed E-state index contributed by atoms with van der Waals surface area (Å²) in [4.78, 5) is 26.3. The van der Waals surface area contributed by atoms with Crippen LogP contribution in [0, 0.1) is 19.8 Å². The molecule has 1 atom stereocenters. The van der Waals surface area contributed by atoms with Gasteiger partial charge in [-0.3, -0.25) is 9.59 Å². The highest BCUT2D eigenvalue weighted by molar-refractivity contribution is 6.09. The number of hydrogen-bond donors (Lipinski definition) is 1. The first-order valence-corrected chi connectivity index (χ1v) is 8.83. The molecule has 1 fully saturated rings. The monoisotopic (exact) mass is 343 g/mol. The number of carbonyl (C=O) groups excluding carboxylic acids is 2. The molecule has 4 rings (SSSR count). The molecular weight excluding hydrogens is 322 g/mol. The number of rotatable bonds is 2. The number of aryl methyl sites for hydroxylation is 2. The maximum Gasteiger partial charge on any atom is 0.240 e. The van der Waals surface area contributed by atoms with Crippen LogP contribution in [0.1, 0.15) is 29.2 Å². The summed E-state index contributed by atoms with van der Waals surface area (Å²) in [5.74, 6) is -0.725. The number of carbonyl (C=O) groups is 2. The van der Waals surface area contributed by atoms with Crippen molar-refractivity contribution in [3.8, 4) is 0 Å². The Balaban J connectivity index is 2.04. The highest BCUT2D eigenvalue weighted by Crippen LogP contribution is 2.49. The zero-order chi connectivity index (χ0) is 18.5. The largest absolute Gasteiger partial charge is 0.328 e. The molecule has 130 valence electrons. The molecule has 2 aliphatic rings. The van der Waals surface area contributed by atoms with Crippen molar-refractivity contribution >= 4 is 11.7 Å². The summed E-state index contributed by atoms with van der Waals surface area (Å²) >= 11 is 0. The van der Waals surface area contributed by atoms with Gasteiger partial charge in [0.2, 0.25) is 5.91 Å². The van der Waals surface area contributed by atoms with E-state index in [-0.39, 0.29) is 11.7 Å². The molecule has 0 bridgehead atoms. The molecule has 2 aromatic carbocycles. The van der Waals surface area contributed by atoms with Crippen LogP contribution in [0.3, 0.4) is 0 Å². The summed E-state index contributed by atoms with van der Waals surface area (Å²) in [6.45, 7) is 5.97. The van der Waals surface area contributed by atoms with Gasteiger partial charge in [-0.1, -0.05) is 65.7 Å². The quantitative estimate of drug-likeness (QED) is 0.903. The van der Waals surface area contributed by atoms with E-state index in [1.807, 2.05) is 69.3 Å². The summed E-state index contributed by atoms with van der Waals surface area (Å²) < 4.78 is 0. The summed E-state index contributed by atoms with van der Waals surface area (Å²) in [7, 11) is 0.